The van der Waals surface area contributed by atoms with Crippen LogP contribution < -0.4 is 11.5 Å². The minimum atomic E-state index is 0.122. The molecule has 0 saturated heterocycles. The maximum Gasteiger partial charge on any atom is 0.139 e. The minimum Gasteiger partial charge on any atom is -0.399 e. The van der Waals surface area contributed by atoms with Crippen molar-refractivity contribution in [3.05, 3.63) is 59.7 Å². The lowest BCUT2D eigenvalue weighted by atomic mass is 9.75. The summed E-state index contributed by atoms with van der Waals surface area (Å²) in [5.41, 5.74) is 15.5. The number of Topliss-reactive ketones (excluding diaryl/α,β-unsaturated/α-hetero) is 1. The van der Waals surface area contributed by atoms with Crippen LogP contribution in [0, 0.1) is 11.8 Å². The van der Waals surface area contributed by atoms with E-state index in [-0.39, 0.29) is 11.8 Å². The van der Waals surface area contributed by atoms with Crippen molar-refractivity contribution >= 4 is 17.2 Å². The highest BCUT2D eigenvalue weighted by molar-refractivity contribution is 5.84. The number of nitrogen functional groups attached to an aromatic ring is 2. The molecule has 0 amide bonds. The Morgan fingerprint density at radius 2 is 1.30 bits per heavy atom. The molecule has 1 aliphatic carbocycles. The maximum absolute atomic E-state index is 12.8. The van der Waals surface area contributed by atoms with Gasteiger partial charge in [0.15, 0.2) is 0 Å². The first-order valence-corrected chi connectivity index (χ1v) is 8.34. The van der Waals surface area contributed by atoms with E-state index < -0.39 is 0 Å². The van der Waals surface area contributed by atoms with Crippen molar-refractivity contribution in [2.45, 2.75) is 32.1 Å². The molecule has 3 nitrogen and oxygen atoms in total. The third kappa shape index (κ3) is 3.92. The molecule has 1 saturated carbocycles. The van der Waals surface area contributed by atoms with Crippen molar-refractivity contribution in [3.8, 4) is 0 Å². The van der Waals surface area contributed by atoms with Crippen LogP contribution in [0.5, 0.6) is 0 Å². The second-order valence-corrected chi connectivity index (χ2v) is 6.63. The van der Waals surface area contributed by atoms with Gasteiger partial charge in [-0.25, -0.2) is 0 Å². The van der Waals surface area contributed by atoms with E-state index in [0.717, 1.165) is 54.6 Å². The van der Waals surface area contributed by atoms with E-state index in [1.165, 1.54) is 0 Å². The van der Waals surface area contributed by atoms with Gasteiger partial charge in [-0.15, -0.1) is 0 Å². The van der Waals surface area contributed by atoms with Crippen LogP contribution in [0.2, 0.25) is 0 Å². The smallest absolute Gasteiger partial charge is 0.139 e. The fourth-order valence-corrected chi connectivity index (χ4v) is 3.64. The molecule has 2 aromatic rings. The maximum atomic E-state index is 12.8. The second-order valence-electron chi connectivity index (χ2n) is 6.63. The molecule has 120 valence electrons. The summed E-state index contributed by atoms with van der Waals surface area (Å²) in [4.78, 5) is 12.8. The quantitative estimate of drug-likeness (QED) is 0.848. The van der Waals surface area contributed by atoms with Gasteiger partial charge in [0.05, 0.1) is 0 Å². The van der Waals surface area contributed by atoms with E-state index in [9.17, 15) is 4.79 Å². The van der Waals surface area contributed by atoms with E-state index >= 15 is 0 Å². The van der Waals surface area contributed by atoms with Crippen LogP contribution in [0.4, 0.5) is 11.4 Å². The monoisotopic (exact) mass is 308 g/mol. The standard InChI is InChI=1S/C20H24N2O/c21-18-8-1-4-14(12-18)10-16-6-3-7-17(20(16)23)11-15-5-2-9-19(22)13-15/h1-2,4-5,8-9,12-13,16-17H,3,6-7,10-11,21-22H2. The summed E-state index contributed by atoms with van der Waals surface area (Å²) in [6, 6.07) is 15.8. The summed E-state index contributed by atoms with van der Waals surface area (Å²) in [6.45, 7) is 0. The lowest BCUT2D eigenvalue weighted by molar-refractivity contribution is -0.129. The molecule has 4 N–H and O–H groups in total. The number of hydrogen-bond donors (Lipinski definition) is 2. The highest BCUT2D eigenvalue weighted by Gasteiger charge is 2.31. The van der Waals surface area contributed by atoms with Gasteiger partial charge in [0.25, 0.3) is 0 Å². The number of benzene rings is 2. The molecule has 23 heavy (non-hydrogen) atoms. The Bertz CT molecular complexity index is 638. The van der Waals surface area contributed by atoms with Gasteiger partial charge in [-0.05, 0) is 61.1 Å². The molecule has 2 aromatic carbocycles. The number of nitrogens with two attached hydrogens (primary N) is 2. The lowest BCUT2D eigenvalue weighted by Gasteiger charge is -2.28. The molecule has 2 atom stereocenters. The Morgan fingerprint density at radius 3 is 1.74 bits per heavy atom. The van der Waals surface area contributed by atoms with Gasteiger partial charge >= 0.3 is 0 Å². The third-order valence-corrected chi connectivity index (χ3v) is 4.78. The largest absolute Gasteiger partial charge is 0.399 e. The minimum absolute atomic E-state index is 0.122. The molecule has 1 fully saturated rings. The Labute approximate surface area is 137 Å². The van der Waals surface area contributed by atoms with Crippen molar-refractivity contribution in [2.24, 2.45) is 11.8 Å². The number of carbonyl (C=O) groups is 1. The Hall–Kier alpha value is -2.29. The normalized spacial score (nSPS) is 21.3. The zero-order valence-corrected chi connectivity index (χ0v) is 13.4. The molecule has 2 unspecified atom stereocenters. The summed E-state index contributed by atoms with van der Waals surface area (Å²) in [5.74, 6) is 0.648. The van der Waals surface area contributed by atoms with E-state index in [1.54, 1.807) is 0 Å². The van der Waals surface area contributed by atoms with Crippen LogP contribution in [-0.4, -0.2) is 5.78 Å². The van der Waals surface area contributed by atoms with Gasteiger partial charge in [-0.3, -0.25) is 4.79 Å². The predicted molar refractivity (Wildman–Crippen MR) is 95.0 cm³/mol. The second kappa shape index (κ2) is 6.86. The van der Waals surface area contributed by atoms with Crippen molar-refractivity contribution < 1.29 is 4.79 Å². The number of rotatable bonds is 4. The van der Waals surface area contributed by atoms with Crippen LogP contribution in [0.15, 0.2) is 48.5 Å². The van der Waals surface area contributed by atoms with Gasteiger partial charge < -0.3 is 11.5 Å². The predicted octanol–water partition coefficient (Wildman–Crippen LogP) is 3.62. The molecule has 0 bridgehead atoms. The topological polar surface area (TPSA) is 69.1 Å². The average molecular weight is 308 g/mol. The van der Waals surface area contributed by atoms with Crippen molar-refractivity contribution in [1.82, 2.24) is 0 Å². The van der Waals surface area contributed by atoms with Crippen LogP contribution >= 0.6 is 0 Å². The molecule has 0 spiro atoms. The summed E-state index contributed by atoms with van der Waals surface area (Å²) in [6.07, 6.45) is 4.70. The summed E-state index contributed by atoms with van der Waals surface area (Å²) in [7, 11) is 0. The Balaban J connectivity index is 1.68. The number of hydrogen-bond acceptors (Lipinski definition) is 3. The first-order valence-electron chi connectivity index (χ1n) is 8.34. The average Bonchev–Trinajstić information content (AvgIpc) is 2.51. The fourth-order valence-electron chi connectivity index (χ4n) is 3.64. The van der Waals surface area contributed by atoms with Gasteiger partial charge in [0, 0.05) is 23.2 Å². The molecule has 1 aliphatic rings. The van der Waals surface area contributed by atoms with E-state index in [0.29, 0.717) is 5.78 Å². The van der Waals surface area contributed by atoms with Crippen LogP contribution in [0.1, 0.15) is 30.4 Å². The van der Waals surface area contributed by atoms with E-state index in [2.05, 4.69) is 12.1 Å². The SMILES string of the molecule is Nc1cccc(CC2CCCC(Cc3cccc(N)c3)C2=O)c1. The molecular formula is C20H24N2O. The zero-order chi connectivity index (χ0) is 16.2. The molecule has 3 heteroatoms. The Kier molecular flexibility index (Phi) is 4.65. The molecule has 0 radical (unpaired) electrons. The third-order valence-electron chi connectivity index (χ3n) is 4.78. The van der Waals surface area contributed by atoms with Gasteiger partial charge in [-0.1, -0.05) is 30.7 Å². The number of carbonyl (C=O) groups excluding carboxylic acids is 1. The van der Waals surface area contributed by atoms with Crippen molar-refractivity contribution in [2.75, 3.05) is 11.5 Å². The molecular weight excluding hydrogens is 284 g/mol. The summed E-state index contributed by atoms with van der Waals surface area (Å²) in [5, 5.41) is 0. The lowest BCUT2D eigenvalue weighted by Crippen LogP contribution is -2.31. The van der Waals surface area contributed by atoms with E-state index in [1.807, 2.05) is 36.4 Å². The zero-order valence-electron chi connectivity index (χ0n) is 13.4. The van der Waals surface area contributed by atoms with Gasteiger partial charge in [-0.2, -0.15) is 0 Å². The number of anilines is 2. The first-order chi connectivity index (χ1) is 11.1. The fraction of sp³-hybridized carbons (Fsp3) is 0.350. The van der Waals surface area contributed by atoms with E-state index in [4.69, 9.17) is 11.5 Å². The van der Waals surface area contributed by atoms with Gasteiger partial charge in [0.1, 0.15) is 5.78 Å². The highest BCUT2D eigenvalue weighted by Crippen LogP contribution is 2.31. The van der Waals surface area contributed by atoms with Crippen molar-refractivity contribution in [1.29, 1.82) is 0 Å². The van der Waals surface area contributed by atoms with Crippen LogP contribution in [0.3, 0.4) is 0 Å². The Morgan fingerprint density at radius 1 is 0.826 bits per heavy atom. The van der Waals surface area contributed by atoms with Crippen LogP contribution in [-0.2, 0) is 17.6 Å². The molecule has 3 rings (SSSR count). The summed E-state index contributed by atoms with van der Waals surface area (Å²) >= 11 is 0. The van der Waals surface area contributed by atoms with Crippen molar-refractivity contribution in [3.63, 3.8) is 0 Å². The number of ketones is 1. The molecule has 0 heterocycles. The molecule has 0 aliphatic heterocycles. The highest BCUT2D eigenvalue weighted by atomic mass is 16.1. The first kappa shape index (κ1) is 15.6. The van der Waals surface area contributed by atoms with Crippen LogP contribution in [0.25, 0.3) is 0 Å². The summed E-state index contributed by atoms with van der Waals surface area (Å²) < 4.78 is 0. The molecule has 0 aromatic heterocycles. The van der Waals surface area contributed by atoms with Gasteiger partial charge in [0.2, 0.25) is 0 Å².